The summed E-state index contributed by atoms with van der Waals surface area (Å²) in [7, 11) is 0. The maximum atomic E-state index is 13.5. The van der Waals surface area contributed by atoms with Crippen LogP contribution in [0.4, 0.5) is 5.69 Å². The number of piperidine rings is 1. The van der Waals surface area contributed by atoms with Gasteiger partial charge in [0.25, 0.3) is 5.91 Å². The number of hydrogen-bond acceptors (Lipinski definition) is 5. The van der Waals surface area contributed by atoms with Gasteiger partial charge in [-0.05, 0) is 67.6 Å². The second-order valence-electron chi connectivity index (χ2n) is 8.80. The number of carbonyl (C=O) groups excluding carboxylic acids is 3. The molecule has 0 saturated carbocycles. The van der Waals surface area contributed by atoms with Gasteiger partial charge < -0.3 is 20.4 Å². The van der Waals surface area contributed by atoms with E-state index in [-0.39, 0.29) is 30.2 Å². The van der Waals surface area contributed by atoms with E-state index in [1.807, 2.05) is 30.5 Å². The van der Waals surface area contributed by atoms with Crippen molar-refractivity contribution in [3.8, 4) is 11.1 Å². The van der Waals surface area contributed by atoms with Crippen molar-refractivity contribution >= 4 is 35.2 Å². The first kappa shape index (κ1) is 22.0. The van der Waals surface area contributed by atoms with E-state index in [0.29, 0.717) is 24.3 Å². The van der Waals surface area contributed by atoms with Gasteiger partial charge in [0.15, 0.2) is 0 Å². The molecule has 0 radical (unpaired) electrons. The molecule has 3 heterocycles. The molecule has 2 N–H and O–H groups in total. The lowest BCUT2D eigenvalue weighted by atomic mass is 9.95. The summed E-state index contributed by atoms with van der Waals surface area (Å²) in [4.78, 5) is 44.2. The maximum Gasteiger partial charge on any atom is 0.256 e. The molecule has 0 spiro atoms. The molecular weight excluding hydrogens is 436 g/mol. The average Bonchev–Trinajstić information content (AvgIpc) is 2.98. The molecule has 5 rings (SSSR count). The quantitative estimate of drug-likeness (QED) is 0.683. The predicted molar refractivity (Wildman–Crippen MR) is 129 cm³/mol. The van der Waals surface area contributed by atoms with Crippen LogP contribution < -0.4 is 10.6 Å². The molecule has 8 heteroatoms. The summed E-state index contributed by atoms with van der Waals surface area (Å²) in [5, 5.41) is 6.22. The van der Waals surface area contributed by atoms with Crippen molar-refractivity contribution in [1.82, 2.24) is 15.1 Å². The Bertz CT molecular complexity index is 1080. The van der Waals surface area contributed by atoms with Gasteiger partial charge in [-0.1, -0.05) is 18.2 Å². The molecule has 0 aliphatic carbocycles. The standard InChI is InChI=1S/C25H28N4O3S/c1-33-19-5-2-16(3-6-19)18-4-7-21-20(14-18)25(32)29-13-12-28(15-22(29)23(30)27-21)24(31)17-8-10-26-11-9-17/h2-7,14,17,22,26H,8-13,15H2,1H3,(H,27,30)/t22-/m1/s1. The van der Waals surface area contributed by atoms with E-state index in [1.165, 1.54) is 4.90 Å². The molecule has 0 bridgehead atoms. The summed E-state index contributed by atoms with van der Waals surface area (Å²) in [5.74, 6) is -0.291. The summed E-state index contributed by atoms with van der Waals surface area (Å²) in [6.07, 6.45) is 3.68. The molecule has 0 aromatic heterocycles. The zero-order valence-corrected chi connectivity index (χ0v) is 19.5. The summed E-state index contributed by atoms with van der Waals surface area (Å²) in [6, 6.07) is 13.1. The SMILES string of the molecule is CSc1ccc(-c2ccc3c(c2)C(=O)N2CCN(C(=O)C4CCNCC4)C[C@@H]2C(=O)N3)cc1. The van der Waals surface area contributed by atoms with E-state index in [9.17, 15) is 14.4 Å². The second-order valence-corrected chi connectivity index (χ2v) is 9.68. The molecule has 3 amide bonds. The Morgan fingerprint density at radius 2 is 1.73 bits per heavy atom. The number of hydrogen-bond donors (Lipinski definition) is 2. The molecule has 3 aliphatic rings. The minimum absolute atomic E-state index is 0.000377. The maximum absolute atomic E-state index is 13.5. The third kappa shape index (κ3) is 4.25. The van der Waals surface area contributed by atoms with E-state index >= 15 is 0 Å². The van der Waals surface area contributed by atoms with Crippen LogP contribution in [0.2, 0.25) is 0 Å². The fourth-order valence-electron chi connectivity index (χ4n) is 4.94. The fourth-order valence-corrected chi connectivity index (χ4v) is 5.35. The van der Waals surface area contributed by atoms with Crippen molar-refractivity contribution < 1.29 is 14.4 Å². The van der Waals surface area contributed by atoms with Crippen molar-refractivity contribution in [3.63, 3.8) is 0 Å². The number of piperazine rings is 1. The molecular formula is C25H28N4O3S. The van der Waals surface area contributed by atoms with Crippen molar-refractivity contribution in [2.75, 3.05) is 44.3 Å². The van der Waals surface area contributed by atoms with Gasteiger partial charge in [0, 0.05) is 23.9 Å². The van der Waals surface area contributed by atoms with Crippen molar-refractivity contribution in [2.45, 2.75) is 23.8 Å². The monoisotopic (exact) mass is 464 g/mol. The van der Waals surface area contributed by atoms with E-state index < -0.39 is 6.04 Å². The van der Waals surface area contributed by atoms with Crippen LogP contribution in [-0.4, -0.2) is 72.5 Å². The number of anilines is 1. The lowest BCUT2D eigenvalue weighted by molar-refractivity contribution is -0.140. The number of benzene rings is 2. The van der Waals surface area contributed by atoms with Crippen LogP contribution in [-0.2, 0) is 9.59 Å². The molecule has 1 atom stereocenters. The Morgan fingerprint density at radius 1 is 1.00 bits per heavy atom. The van der Waals surface area contributed by atoms with Gasteiger partial charge in [0.05, 0.1) is 17.8 Å². The van der Waals surface area contributed by atoms with Crippen LogP contribution in [0, 0.1) is 5.92 Å². The molecule has 7 nitrogen and oxygen atoms in total. The van der Waals surface area contributed by atoms with Crippen LogP contribution >= 0.6 is 11.8 Å². The first-order chi connectivity index (χ1) is 16.0. The summed E-state index contributed by atoms with van der Waals surface area (Å²) >= 11 is 1.68. The van der Waals surface area contributed by atoms with Gasteiger partial charge in [0.1, 0.15) is 6.04 Å². The largest absolute Gasteiger partial charge is 0.338 e. The Hall–Kier alpha value is -2.84. The number of carbonyl (C=O) groups is 3. The molecule has 172 valence electrons. The highest BCUT2D eigenvalue weighted by Gasteiger charge is 2.41. The van der Waals surface area contributed by atoms with Crippen LogP contribution in [0.5, 0.6) is 0 Å². The van der Waals surface area contributed by atoms with Gasteiger partial charge in [-0.15, -0.1) is 11.8 Å². The normalized spacial score (nSPS) is 21.2. The van der Waals surface area contributed by atoms with Gasteiger partial charge in [-0.3, -0.25) is 14.4 Å². The van der Waals surface area contributed by atoms with Gasteiger partial charge in [-0.2, -0.15) is 0 Å². The number of thioether (sulfide) groups is 1. The van der Waals surface area contributed by atoms with Crippen molar-refractivity contribution in [1.29, 1.82) is 0 Å². The van der Waals surface area contributed by atoms with Gasteiger partial charge >= 0.3 is 0 Å². The average molecular weight is 465 g/mol. The fraction of sp³-hybridized carbons (Fsp3) is 0.400. The summed E-state index contributed by atoms with van der Waals surface area (Å²) < 4.78 is 0. The topological polar surface area (TPSA) is 81.8 Å². The molecule has 2 aromatic carbocycles. The Balaban J connectivity index is 1.38. The first-order valence-electron chi connectivity index (χ1n) is 11.4. The van der Waals surface area contributed by atoms with E-state index in [0.717, 1.165) is 37.1 Å². The molecule has 0 unspecified atom stereocenters. The minimum Gasteiger partial charge on any atom is -0.338 e. The molecule has 3 aliphatic heterocycles. The number of rotatable bonds is 3. The molecule has 2 aromatic rings. The molecule has 33 heavy (non-hydrogen) atoms. The highest BCUT2D eigenvalue weighted by molar-refractivity contribution is 7.98. The van der Waals surface area contributed by atoms with Crippen LogP contribution in [0.1, 0.15) is 23.2 Å². The number of nitrogens with zero attached hydrogens (tertiary/aromatic N) is 2. The van der Waals surface area contributed by atoms with E-state index in [4.69, 9.17) is 0 Å². The smallest absolute Gasteiger partial charge is 0.256 e. The Morgan fingerprint density at radius 3 is 2.45 bits per heavy atom. The third-order valence-electron chi connectivity index (χ3n) is 6.88. The van der Waals surface area contributed by atoms with Crippen molar-refractivity contribution in [2.24, 2.45) is 5.92 Å². The van der Waals surface area contributed by atoms with Crippen LogP contribution in [0.15, 0.2) is 47.4 Å². The Kier molecular flexibility index (Phi) is 6.12. The highest BCUT2D eigenvalue weighted by Crippen LogP contribution is 2.31. The van der Waals surface area contributed by atoms with Gasteiger partial charge in [-0.25, -0.2) is 0 Å². The van der Waals surface area contributed by atoms with E-state index in [1.54, 1.807) is 27.6 Å². The first-order valence-corrected chi connectivity index (χ1v) is 12.7. The number of nitrogens with one attached hydrogen (secondary N) is 2. The minimum atomic E-state index is -0.673. The third-order valence-corrected chi connectivity index (χ3v) is 7.62. The summed E-state index contributed by atoms with van der Waals surface area (Å²) in [6.45, 7) is 2.76. The van der Waals surface area contributed by atoms with Crippen LogP contribution in [0.3, 0.4) is 0 Å². The van der Waals surface area contributed by atoms with Gasteiger partial charge in [0.2, 0.25) is 11.8 Å². The second kappa shape index (κ2) is 9.19. The molecule has 2 fully saturated rings. The van der Waals surface area contributed by atoms with Crippen molar-refractivity contribution in [3.05, 3.63) is 48.0 Å². The lowest BCUT2D eigenvalue weighted by Gasteiger charge is -2.41. The van der Waals surface area contributed by atoms with Crippen LogP contribution in [0.25, 0.3) is 11.1 Å². The van der Waals surface area contributed by atoms with E-state index in [2.05, 4.69) is 22.8 Å². The highest BCUT2D eigenvalue weighted by atomic mass is 32.2. The Labute approximate surface area is 197 Å². The zero-order chi connectivity index (χ0) is 22.9. The zero-order valence-electron chi connectivity index (χ0n) is 18.7. The lowest BCUT2D eigenvalue weighted by Crippen LogP contribution is -2.60. The predicted octanol–water partition coefficient (Wildman–Crippen LogP) is 2.68. The summed E-state index contributed by atoms with van der Waals surface area (Å²) in [5.41, 5.74) is 2.98. The number of amides is 3. The number of fused-ring (bicyclic) bond motifs is 2. The molecule has 2 saturated heterocycles.